The molecule has 3 heterocycles. The van der Waals surface area contributed by atoms with Crippen LogP contribution in [0.1, 0.15) is 0 Å². The molecule has 2 aromatic rings. The molecule has 18 heavy (non-hydrogen) atoms. The molecule has 0 bridgehead atoms. The Balaban J connectivity index is 1.65. The van der Waals surface area contributed by atoms with Crippen molar-refractivity contribution in [3.05, 3.63) is 23.8 Å². The molecule has 0 saturated carbocycles. The van der Waals surface area contributed by atoms with Gasteiger partial charge < -0.3 is 15.5 Å². The molecule has 1 aliphatic rings. The number of nitrogens with two attached hydrogens (primary N) is 1. The topological polar surface area (TPSA) is 71.2 Å². The summed E-state index contributed by atoms with van der Waals surface area (Å²) < 4.78 is 0. The summed E-state index contributed by atoms with van der Waals surface area (Å²) in [5.41, 5.74) is 8.49. The van der Waals surface area contributed by atoms with E-state index in [-0.39, 0.29) is 0 Å². The molecular formula is C11H14N6S. The third-order valence-electron chi connectivity index (χ3n) is 3.03. The number of nitrogen functional groups attached to an aromatic ring is 1. The van der Waals surface area contributed by atoms with Gasteiger partial charge in [0.15, 0.2) is 0 Å². The summed E-state index contributed by atoms with van der Waals surface area (Å²) in [5.74, 6) is 0.561. The minimum absolute atomic E-state index is 0.561. The minimum atomic E-state index is 0.561. The van der Waals surface area contributed by atoms with Gasteiger partial charge in [-0.25, -0.2) is 4.98 Å². The maximum Gasteiger partial charge on any atom is 0.208 e. The summed E-state index contributed by atoms with van der Waals surface area (Å²) in [4.78, 5) is 8.70. The Labute approximate surface area is 109 Å². The first-order valence-corrected chi connectivity index (χ1v) is 6.68. The molecule has 0 aliphatic carbocycles. The summed E-state index contributed by atoms with van der Waals surface area (Å²) in [6.07, 6.45) is 1.83. The number of anilines is 3. The zero-order chi connectivity index (χ0) is 12.4. The van der Waals surface area contributed by atoms with Crippen molar-refractivity contribution in [3.63, 3.8) is 0 Å². The Kier molecular flexibility index (Phi) is 2.97. The fraction of sp³-hybridized carbons (Fsp3) is 0.364. The van der Waals surface area contributed by atoms with Crippen LogP contribution < -0.4 is 15.5 Å². The van der Waals surface area contributed by atoms with Crippen molar-refractivity contribution in [2.24, 2.45) is 0 Å². The number of nitrogens with zero attached hydrogens (tertiary/aromatic N) is 5. The highest BCUT2D eigenvalue weighted by Gasteiger charge is 2.19. The maximum absolute atomic E-state index is 5.59. The molecule has 1 aliphatic heterocycles. The molecule has 0 radical (unpaired) electrons. The Morgan fingerprint density at radius 2 is 1.89 bits per heavy atom. The second kappa shape index (κ2) is 4.77. The van der Waals surface area contributed by atoms with Gasteiger partial charge in [0.05, 0.1) is 11.9 Å². The molecule has 2 N–H and O–H groups in total. The molecule has 0 amide bonds. The van der Waals surface area contributed by atoms with E-state index in [0.29, 0.717) is 5.82 Å². The van der Waals surface area contributed by atoms with Gasteiger partial charge >= 0.3 is 0 Å². The Hall–Kier alpha value is -1.89. The highest BCUT2D eigenvalue weighted by molar-refractivity contribution is 7.13. The van der Waals surface area contributed by atoms with Crippen molar-refractivity contribution in [1.29, 1.82) is 0 Å². The van der Waals surface area contributed by atoms with Crippen LogP contribution in [0.5, 0.6) is 0 Å². The first-order valence-electron chi connectivity index (χ1n) is 5.80. The van der Waals surface area contributed by atoms with Crippen LogP contribution in [0.15, 0.2) is 23.8 Å². The van der Waals surface area contributed by atoms with Crippen LogP contribution in [0.25, 0.3) is 0 Å². The normalized spacial score (nSPS) is 16.0. The van der Waals surface area contributed by atoms with Gasteiger partial charge in [-0.2, -0.15) is 0 Å². The van der Waals surface area contributed by atoms with Crippen LogP contribution in [0.3, 0.4) is 0 Å². The Bertz CT molecular complexity index is 489. The van der Waals surface area contributed by atoms with Gasteiger partial charge in [0.1, 0.15) is 11.3 Å². The third kappa shape index (κ3) is 2.21. The van der Waals surface area contributed by atoms with Gasteiger partial charge in [-0.3, -0.25) is 0 Å². The molecule has 1 fully saturated rings. The van der Waals surface area contributed by atoms with Crippen LogP contribution in [0, 0.1) is 0 Å². The highest BCUT2D eigenvalue weighted by atomic mass is 32.1. The van der Waals surface area contributed by atoms with Crippen molar-refractivity contribution < 1.29 is 0 Å². The first-order chi connectivity index (χ1) is 8.83. The van der Waals surface area contributed by atoms with Gasteiger partial charge in [-0.1, -0.05) is 11.3 Å². The molecule has 6 nitrogen and oxygen atoms in total. The standard InChI is InChI=1S/C11H14N6S/c12-10-2-1-9(7-13-10)16-3-5-17(6-4-16)11-15-14-8-18-11/h1-2,7-8H,3-6H2,(H2,12,13). The van der Waals surface area contributed by atoms with Crippen molar-refractivity contribution in [2.75, 3.05) is 41.7 Å². The van der Waals surface area contributed by atoms with Crippen LogP contribution in [-0.4, -0.2) is 41.4 Å². The molecule has 0 aromatic carbocycles. The van der Waals surface area contributed by atoms with Gasteiger partial charge in [-0.05, 0) is 12.1 Å². The van der Waals surface area contributed by atoms with Gasteiger partial charge in [0.25, 0.3) is 0 Å². The molecule has 0 atom stereocenters. The van der Waals surface area contributed by atoms with Crippen molar-refractivity contribution in [3.8, 4) is 0 Å². The van der Waals surface area contributed by atoms with Crippen molar-refractivity contribution in [2.45, 2.75) is 0 Å². The van der Waals surface area contributed by atoms with Crippen molar-refractivity contribution >= 4 is 28.0 Å². The fourth-order valence-corrected chi connectivity index (χ4v) is 2.66. The fourth-order valence-electron chi connectivity index (χ4n) is 2.05. The highest BCUT2D eigenvalue weighted by Crippen LogP contribution is 2.20. The Morgan fingerprint density at radius 3 is 2.50 bits per heavy atom. The summed E-state index contributed by atoms with van der Waals surface area (Å²) in [6.45, 7) is 3.84. The van der Waals surface area contributed by atoms with E-state index in [1.54, 1.807) is 16.8 Å². The first kappa shape index (κ1) is 11.2. The lowest BCUT2D eigenvalue weighted by molar-refractivity contribution is 0.649. The Morgan fingerprint density at radius 1 is 1.11 bits per heavy atom. The number of pyridine rings is 1. The van der Waals surface area contributed by atoms with Gasteiger partial charge in [0, 0.05) is 26.2 Å². The van der Waals surface area contributed by atoms with E-state index in [1.807, 2.05) is 18.3 Å². The van der Waals surface area contributed by atoms with Crippen LogP contribution in [0.4, 0.5) is 16.6 Å². The quantitative estimate of drug-likeness (QED) is 0.865. The monoisotopic (exact) mass is 262 g/mol. The summed E-state index contributed by atoms with van der Waals surface area (Å²) in [7, 11) is 0. The molecule has 2 aromatic heterocycles. The molecule has 7 heteroatoms. The number of piperazine rings is 1. The zero-order valence-corrected chi connectivity index (χ0v) is 10.7. The second-order valence-electron chi connectivity index (χ2n) is 4.14. The van der Waals surface area contributed by atoms with E-state index in [1.165, 1.54) is 0 Å². The molecule has 3 rings (SSSR count). The van der Waals surface area contributed by atoms with Crippen LogP contribution in [-0.2, 0) is 0 Å². The number of hydrogen-bond acceptors (Lipinski definition) is 7. The average molecular weight is 262 g/mol. The lowest BCUT2D eigenvalue weighted by atomic mass is 10.3. The lowest BCUT2D eigenvalue weighted by Gasteiger charge is -2.35. The molecule has 0 unspecified atom stereocenters. The second-order valence-corrected chi connectivity index (χ2v) is 4.95. The van der Waals surface area contributed by atoms with E-state index < -0.39 is 0 Å². The van der Waals surface area contributed by atoms with E-state index in [2.05, 4.69) is 25.0 Å². The van der Waals surface area contributed by atoms with Crippen molar-refractivity contribution in [1.82, 2.24) is 15.2 Å². The summed E-state index contributed by atoms with van der Waals surface area (Å²) in [5, 5.41) is 8.97. The minimum Gasteiger partial charge on any atom is -0.384 e. The maximum atomic E-state index is 5.59. The van der Waals surface area contributed by atoms with Gasteiger partial charge in [-0.15, -0.1) is 10.2 Å². The SMILES string of the molecule is Nc1ccc(N2CCN(c3nncs3)CC2)cn1. The number of rotatable bonds is 2. The lowest BCUT2D eigenvalue weighted by Crippen LogP contribution is -2.46. The summed E-state index contributed by atoms with van der Waals surface area (Å²) >= 11 is 1.58. The largest absolute Gasteiger partial charge is 0.384 e. The predicted octanol–water partition coefficient (Wildman–Crippen LogP) is 0.842. The molecule has 94 valence electrons. The molecule has 1 saturated heterocycles. The van der Waals surface area contributed by atoms with Gasteiger partial charge in [0.2, 0.25) is 5.13 Å². The van der Waals surface area contributed by atoms with Crippen LogP contribution in [0.2, 0.25) is 0 Å². The number of hydrogen-bond donors (Lipinski definition) is 1. The third-order valence-corrected chi connectivity index (χ3v) is 3.78. The molecule has 0 spiro atoms. The predicted molar refractivity (Wildman–Crippen MR) is 73.0 cm³/mol. The zero-order valence-electron chi connectivity index (χ0n) is 9.86. The number of aromatic nitrogens is 3. The smallest absolute Gasteiger partial charge is 0.208 e. The molecular weight excluding hydrogens is 248 g/mol. The summed E-state index contributed by atoms with van der Waals surface area (Å²) in [6, 6.07) is 3.86. The van der Waals surface area contributed by atoms with Crippen LogP contribution >= 0.6 is 11.3 Å². The van der Waals surface area contributed by atoms with E-state index in [0.717, 1.165) is 37.0 Å². The van der Waals surface area contributed by atoms with E-state index >= 15 is 0 Å². The van der Waals surface area contributed by atoms with E-state index in [4.69, 9.17) is 5.73 Å². The van der Waals surface area contributed by atoms with E-state index in [9.17, 15) is 0 Å². The average Bonchev–Trinajstić information content (AvgIpc) is 2.94.